The van der Waals surface area contributed by atoms with Gasteiger partial charge in [0.05, 0.1) is 0 Å². The van der Waals surface area contributed by atoms with Gasteiger partial charge in [0.2, 0.25) is 0 Å². The maximum atomic E-state index is 6.21. The number of nitrogens with two attached hydrogens (primary N) is 1. The molecule has 1 heterocycles. The molecule has 0 radical (unpaired) electrons. The van der Waals surface area contributed by atoms with Crippen LogP contribution in [-0.4, -0.2) is 30.1 Å². The van der Waals surface area contributed by atoms with Crippen LogP contribution in [0.15, 0.2) is 0 Å². The Morgan fingerprint density at radius 3 is 2.44 bits per heavy atom. The van der Waals surface area contributed by atoms with E-state index in [-0.39, 0.29) is 0 Å². The monoisotopic (exact) mass is 224 g/mol. The van der Waals surface area contributed by atoms with Gasteiger partial charge in [0.1, 0.15) is 0 Å². The molecule has 2 rings (SSSR count). The van der Waals surface area contributed by atoms with Crippen LogP contribution in [0.4, 0.5) is 0 Å². The van der Waals surface area contributed by atoms with E-state index in [1.165, 1.54) is 51.6 Å². The molecule has 3 atom stereocenters. The topological polar surface area (TPSA) is 29.3 Å². The van der Waals surface area contributed by atoms with Gasteiger partial charge in [-0.3, -0.25) is 4.90 Å². The third-order valence-electron chi connectivity index (χ3n) is 4.75. The van der Waals surface area contributed by atoms with Crippen molar-refractivity contribution in [2.24, 2.45) is 17.6 Å². The zero-order valence-electron chi connectivity index (χ0n) is 11.0. The summed E-state index contributed by atoms with van der Waals surface area (Å²) in [5.41, 5.74) is 6.21. The van der Waals surface area contributed by atoms with Crippen molar-refractivity contribution in [1.82, 2.24) is 4.90 Å². The molecule has 0 amide bonds. The Hall–Kier alpha value is -0.0800. The third kappa shape index (κ3) is 2.78. The first-order valence-corrected chi connectivity index (χ1v) is 7.18. The summed E-state index contributed by atoms with van der Waals surface area (Å²) in [5.74, 6) is 1.81. The number of likely N-dealkylation sites (tertiary alicyclic amines) is 1. The highest BCUT2D eigenvalue weighted by Crippen LogP contribution is 2.29. The highest BCUT2D eigenvalue weighted by Gasteiger charge is 2.31. The SMILES string of the molecule is CC(C)C1CCCN(C2CCCC2N)CC1. The quantitative estimate of drug-likeness (QED) is 0.781. The molecule has 2 heteroatoms. The molecule has 3 unspecified atom stereocenters. The van der Waals surface area contributed by atoms with Crippen LogP contribution in [0, 0.1) is 11.8 Å². The van der Waals surface area contributed by atoms with Gasteiger partial charge >= 0.3 is 0 Å². The Bertz CT molecular complexity index is 215. The predicted molar refractivity (Wildman–Crippen MR) is 69.4 cm³/mol. The number of hydrogen-bond acceptors (Lipinski definition) is 2. The van der Waals surface area contributed by atoms with Gasteiger partial charge in [-0.2, -0.15) is 0 Å². The molecule has 2 fully saturated rings. The molecule has 16 heavy (non-hydrogen) atoms. The molecule has 1 saturated carbocycles. The Morgan fingerprint density at radius 2 is 1.81 bits per heavy atom. The van der Waals surface area contributed by atoms with Crippen molar-refractivity contribution >= 4 is 0 Å². The minimum absolute atomic E-state index is 0.454. The van der Waals surface area contributed by atoms with Crippen LogP contribution in [0.5, 0.6) is 0 Å². The van der Waals surface area contributed by atoms with Crippen molar-refractivity contribution in [3.05, 3.63) is 0 Å². The lowest BCUT2D eigenvalue weighted by Gasteiger charge is -2.30. The van der Waals surface area contributed by atoms with Crippen LogP contribution in [0.1, 0.15) is 52.4 Å². The van der Waals surface area contributed by atoms with E-state index >= 15 is 0 Å². The van der Waals surface area contributed by atoms with E-state index in [2.05, 4.69) is 18.7 Å². The zero-order valence-corrected chi connectivity index (χ0v) is 11.0. The van der Waals surface area contributed by atoms with Crippen LogP contribution in [0.25, 0.3) is 0 Å². The van der Waals surface area contributed by atoms with E-state index in [9.17, 15) is 0 Å². The Labute approximate surface area is 101 Å². The molecule has 2 N–H and O–H groups in total. The molecule has 2 aliphatic rings. The highest BCUT2D eigenvalue weighted by molar-refractivity contribution is 4.89. The molecule has 2 nitrogen and oxygen atoms in total. The van der Waals surface area contributed by atoms with Gasteiger partial charge < -0.3 is 5.73 Å². The van der Waals surface area contributed by atoms with Crippen molar-refractivity contribution in [1.29, 1.82) is 0 Å². The first-order chi connectivity index (χ1) is 7.68. The van der Waals surface area contributed by atoms with Crippen molar-refractivity contribution in [3.63, 3.8) is 0 Å². The maximum absolute atomic E-state index is 6.21. The number of nitrogens with zero attached hydrogens (tertiary/aromatic N) is 1. The Kier molecular flexibility index (Phi) is 4.26. The van der Waals surface area contributed by atoms with E-state index in [4.69, 9.17) is 5.73 Å². The molecule has 0 spiro atoms. The highest BCUT2D eigenvalue weighted by atomic mass is 15.2. The van der Waals surface area contributed by atoms with Crippen molar-refractivity contribution in [2.75, 3.05) is 13.1 Å². The average molecular weight is 224 g/mol. The van der Waals surface area contributed by atoms with Crippen LogP contribution in [-0.2, 0) is 0 Å². The standard InChI is InChI=1S/C14H28N2/c1-11(2)12-5-4-9-16(10-8-12)14-7-3-6-13(14)15/h11-14H,3-10,15H2,1-2H3. The second kappa shape index (κ2) is 5.50. The molecule has 94 valence electrons. The molecule has 0 bridgehead atoms. The van der Waals surface area contributed by atoms with Crippen LogP contribution < -0.4 is 5.73 Å². The summed E-state index contributed by atoms with van der Waals surface area (Å²) in [7, 11) is 0. The lowest BCUT2D eigenvalue weighted by atomic mass is 9.89. The second-order valence-electron chi connectivity index (χ2n) is 6.13. The van der Waals surface area contributed by atoms with Crippen LogP contribution >= 0.6 is 0 Å². The summed E-state index contributed by atoms with van der Waals surface area (Å²) >= 11 is 0. The van der Waals surface area contributed by atoms with Crippen LogP contribution in [0.3, 0.4) is 0 Å². The molecule has 0 aromatic heterocycles. The van der Waals surface area contributed by atoms with E-state index in [0.29, 0.717) is 12.1 Å². The minimum Gasteiger partial charge on any atom is -0.326 e. The maximum Gasteiger partial charge on any atom is 0.0247 e. The average Bonchev–Trinajstić information content (AvgIpc) is 2.54. The van der Waals surface area contributed by atoms with Crippen LogP contribution in [0.2, 0.25) is 0 Å². The molecule has 1 saturated heterocycles. The molecule has 0 aromatic rings. The van der Waals surface area contributed by atoms with E-state index in [1.807, 2.05) is 0 Å². The Balaban J connectivity index is 1.88. The molecule has 1 aliphatic carbocycles. The molecule has 0 aromatic carbocycles. The van der Waals surface area contributed by atoms with E-state index < -0.39 is 0 Å². The van der Waals surface area contributed by atoms with E-state index in [1.54, 1.807) is 0 Å². The number of rotatable bonds is 2. The lowest BCUT2D eigenvalue weighted by Crippen LogP contribution is -2.44. The summed E-state index contributed by atoms with van der Waals surface area (Å²) in [6.45, 7) is 7.34. The fourth-order valence-electron chi connectivity index (χ4n) is 3.57. The Morgan fingerprint density at radius 1 is 1.00 bits per heavy atom. The molecular formula is C14H28N2. The smallest absolute Gasteiger partial charge is 0.0247 e. The van der Waals surface area contributed by atoms with E-state index in [0.717, 1.165) is 11.8 Å². The predicted octanol–water partition coefficient (Wildman–Crippen LogP) is 2.62. The zero-order chi connectivity index (χ0) is 11.5. The van der Waals surface area contributed by atoms with Gasteiger partial charge in [-0.05, 0) is 57.0 Å². The van der Waals surface area contributed by atoms with Gasteiger partial charge in [-0.1, -0.05) is 20.3 Å². The summed E-state index contributed by atoms with van der Waals surface area (Å²) in [4.78, 5) is 2.69. The van der Waals surface area contributed by atoms with Gasteiger partial charge in [0.25, 0.3) is 0 Å². The minimum atomic E-state index is 0.454. The third-order valence-corrected chi connectivity index (χ3v) is 4.75. The van der Waals surface area contributed by atoms with Gasteiger partial charge in [0.15, 0.2) is 0 Å². The van der Waals surface area contributed by atoms with Crippen molar-refractivity contribution in [2.45, 2.75) is 64.5 Å². The normalized spacial score (nSPS) is 37.9. The molecular weight excluding hydrogens is 196 g/mol. The first kappa shape index (κ1) is 12.4. The lowest BCUT2D eigenvalue weighted by molar-refractivity contribution is 0.187. The largest absolute Gasteiger partial charge is 0.326 e. The van der Waals surface area contributed by atoms with Gasteiger partial charge in [0, 0.05) is 12.1 Å². The fraction of sp³-hybridized carbons (Fsp3) is 1.00. The summed E-state index contributed by atoms with van der Waals surface area (Å²) < 4.78 is 0. The van der Waals surface area contributed by atoms with Gasteiger partial charge in [-0.25, -0.2) is 0 Å². The van der Waals surface area contributed by atoms with Crippen molar-refractivity contribution < 1.29 is 0 Å². The van der Waals surface area contributed by atoms with Gasteiger partial charge in [-0.15, -0.1) is 0 Å². The first-order valence-electron chi connectivity index (χ1n) is 7.18. The second-order valence-corrected chi connectivity index (χ2v) is 6.13. The number of hydrogen-bond donors (Lipinski definition) is 1. The summed E-state index contributed by atoms with van der Waals surface area (Å²) in [6, 6.07) is 1.15. The fourth-order valence-corrected chi connectivity index (χ4v) is 3.57. The summed E-state index contributed by atoms with van der Waals surface area (Å²) in [5, 5.41) is 0. The summed E-state index contributed by atoms with van der Waals surface area (Å²) in [6.07, 6.45) is 8.13. The molecule has 1 aliphatic heterocycles. The van der Waals surface area contributed by atoms with Crippen molar-refractivity contribution in [3.8, 4) is 0 Å².